The molecule has 4 rings (SSSR count). The number of carbonyl (C=O) groups excluding carboxylic acids is 1. The van der Waals surface area contributed by atoms with E-state index in [0.29, 0.717) is 31.2 Å². The zero-order valence-corrected chi connectivity index (χ0v) is 17.1. The third kappa shape index (κ3) is 4.36. The van der Waals surface area contributed by atoms with Crippen molar-refractivity contribution >= 4 is 27.5 Å². The summed E-state index contributed by atoms with van der Waals surface area (Å²) >= 11 is 1.54. The molecule has 0 spiro atoms. The Morgan fingerprint density at radius 3 is 2.76 bits per heavy atom. The molecule has 1 N–H and O–H groups in total. The van der Waals surface area contributed by atoms with Crippen LogP contribution in [0.2, 0.25) is 0 Å². The van der Waals surface area contributed by atoms with Crippen molar-refractivity contribution in [1.29, 1.82) is 0 Å². The largest absolute Gasteiger partial charge is 0.449 e. The monoisotopic (exact) mass is 407 g/mol. The lowest BCUT2D eigenvalue weighted by atomic mass is 10.0. The molecule has 0 saturated carbocycles. The third-order valence-electron chi connectivity index (χ3n) is 4.61. The van der Waals surface area contributed by atoms with Gasteiger partial charge in [-0.1, -0.05) is 24.3 Å². The van der Waals surface area contributed by atoms with Gasteiger partial charge in [0.15, 0.2) is 5.89 Å². The van der Waals surface area contributed by atoms with E-state index in [0.717, 1.165) is 32.6 Å². The van der Waals surface area contributed by atoms with Crippen LogP contribution in [0.5, 0.6) is 0 Å². The normalized spacial score (nSPS) is 11.1. The summed E-state index contributed by atoms with van der Waals surface area (Å²) in [4.78, 5) is 22.2. The second-order valence-corrected chi connectivity index (χ2v) is 7.57. The molecule has 0 aliphatic heterocycles. The highest BCUT2D eigenvalue weighted by atomic mass is 32.1. The van der Waals surface area contributed by atoms with Crippen LogP contribution in [0.3, 0.4) is 0 Å². The van der Waals surface area contributed by atoms with Crippen LogP contribution in [0, 0.1) is 6.92 Å². The van der Waals surface area contributed by atoms with Gasteiger partial charge in [0.2, 0.25) is 0 Å². The number of aromatic nitrogens is 2. The molecule has 29 heavy (non-hydrogen) atoms. The van der Waals surface area contributed by atoms with Crippen molar-refractivity contribution in [3.05, 3.63) is 70.8 Å². The number of hydrogen-bond donors (Lipinski definition) is 1. The minimum atomic E-state index is -0.185. The zero-order chi connectivity index (χ0) is 20.2. The van der Waals surface area contributed by atoms with E-state index in [1.165, 1.54) is 11.3 Å². The number of aryl methyl sites for hydroxylation is 1. The Kier molecular flexibility index (Phi) is 5.69. The van der Waals surface area contributed by atoms with Gasteiger partial charge >= 0.3 is 0 Å². The molecule has 0 saturated heterocycles. The van der Waals surface area contributed by atoms with Gasteiger partial charge in [-0.15, -0.1) is 11.3 Å². The molecule has 3 aromatic heterocycles. The molecule has 0 atom stereocenters. The van der Waals surface area contributed by atoms with E-state index >= 15 is 0 Å². The summed E-state index contributed by atoms with van der Waals surface area (Å²) in [7, 11) is 1.61. The molecule has 0 aliphatic rings. The van der Waals surface area contributed by atoms with E-state index < -0.39 is 0 Å². The van der Waals surface area contributed by atoms with Crippen molar-refractivity contribution < 1.29 is 13.9 Å². The summed E-state index contributed by atoms with van der Waals surface area (Å²) < 4.78 is 10.3. The van der Waals surface area contributed by atoms with Gasteiger partial charge in [-0.2, -0.15) is 0 Å². The molecule has 6 nitrogen and oxygen atoms in total. The maximum Gasteiger partial charge on any atom is 0.270 e. The Morgan fingerprint density at radius 2 is 2.03 bits per heavy atom. The quantitative estimate of drug-likeness (QED) is 0.464. The van der Waals surface area contributed by atoms with Crippen molar-refractivity contribution in [3.63, 3.8) is 0 Å². The summed E-state index contributed by atoms with van der Waals surface area (Å²) in [6, 6.07) is 12.2. The lowest BCUT2D eigenvalue weighted by molar-refractivity contribution is 0.0932. The first-order chi connectivity index (χ1) is 14.1. The fourth-order valence-electron chi connectivity index (χ4n) is 3.15. The highest BCUT2D eigenvalue weighted by Gasteiger charge is 2.13. The molecule has 148 valence electrons. The number of nitrogens with one attached hydrogen (secondary N) is 1. The second kappa shape index (κ2) is 8.55. The molecule has 1 aromatic carbocycles. The molecular formula is C22H21N3O3S. The maximum absolute atomic E-state index is 12.5. The number of hydrogen-bond acceptors (Lipinski definition) is 6. The van der Waals surface area contributed by atoms with Gasteiger partial charge in [0, 0.05) is 31.5 Å². The molecule has 0 radical (unpaired) electrons. The molecule has 3 heterocycles. The van der Waals surface area contributed by atoms with Gasteiger partial charge in [0.05, 0.1) is 6.61 Å². The predicted octanol–water partition coefficient (Wildman–Crippen LogP) is 4.23. The van der Waals surface area contributed by atoms with Crippen LogP contribution in [0.25, 0.3) is 21.5 Å². The molecule has 0 aliphatic carbocycles. The van der Waals surface area contributed by atoms with Crippen LogP contribution >= 0.6 is 11.3 Å². The van der Waals surface area contributed by atoms with Gasteiger partial charge in [-0.3, -0.25) is 4.79 Å². The number of methoxy groups -OCH3 is 1. The smallest absolute Gasteiger partial charge is 0.270 e. The Balaban J connectivity index is 1.58. The molecule has 0 bridgehead atoms. The van der Waals surface area contributed by atoms with Gasteiger partial charge in [0.1, 0.15) is 22.5 Å². The van der Waals surface area contributed by atoms with E-state index in [4.69, 9.17) is 9.15 Å². The summed E-state index contributed by atoms with van der Waals surface area (Å²) in [5.41, 5.74) is 4.50. The first-order valence-electron chi connectivity index (χ1n) is 9.30. The first-order valence-corrected chi connectivity index (χ1v) is 10.2. The molecule has 4 aromatic rings. The number of benzene rings is 1. The molecule has 1 amide bonds. The van der Waals surface area contributed by atoms with Crippen molar-refractivity contribution in [3.8, 4) is 11.3 Å². The molecule has 0 unspecified atom stereocenters. The van der Waals surface area contributed by atoms with Gasteiger partial charge < -0.3 is 14.5 Å². The number of carbonyl (C=O) groups is 1. The number of oxazole rings is 1. The van der Waals surface area contributed by atoms with E-state index in [9.17, 15) is 4.79 Å². The Morgan fingerprint density at radius 1 is 1.21 bits per heavy atom. The summed E-state index contributed by atoms with van der Waals surface area (Å²) in [6.45, 7) is 2.76. The minimum absolute atomic E-state index is 0.185. The SMILES string of the molecule is COCCNC(=O)c1cc(Cc2ccc(-c3coc(C)n3)cc2)c2ccsc2n1. The van der Waals surface area contributed by atoms with Crippen molar-refractivity contribution in [2.24, 2.45) is 0 Å². The van der Waals surface area contributed by atoms with Crippen LogP contribution in [-0.2, 0) is 11.2 Å². The topological polar surface area (TPSA) is 77.2 Å². The molecule has 7 heteroatoms. The maximum atomic E-state index is 12.5. The first kappa shape index (κ1) is 19.3. The fraction of sp³-hybridized carbons (Fsp3) is 0.227. The van der Waals surface area contributed by atoms with Crippen LogP contribution in [-0.4, -0.2) is 36.1 Å². The van der Waals surface area contributed by atoms with Crippen LogP contribution in [0.15, 0.2) is 52.5 Å². The number of ether oxygens (including phenoxy) is 1. The Labute approximate surface area is 172 Å². The van der Waals surface area contributed by atoms with Crippen molar-refractivity contribution in [2.45, 2.75) is 13.3 Å². The van der Waals surface area contributed by atoms with Crippen molar-refractivity contribution in [2.75, 3.05) is 20.3 Å². The molecular weight excluding hydrogens is 386 g/mol. The van der Waals surface area contributed by atoms with E-state index in [-0.39, 0.29) is 5.91 Å². The summed E-state index contributed by atoms with van der Waals surface area (Å²) in [5.74, 6) is 0.465. The van der Waals surface area contributed by atoms with Crippen LogP contribution in [0.1, 0.15) is 27.5 Å². The highest BCUT2D eigenvalue weighted by molar-refractivity contribution is 7.16. The van der Waals surface area contributed by atoms with Crippen molar-refractivity contribution in [1.82, 2.24) is 15.3 Å². The number of rotatable bonds is 7. The van der Waals surface area contributed by atoms with Crippen LogP contribution in [0.4, 0.5) is 0 Å². The number of fused-ring (bicyclic) bond motifs is 1. The standard InChI is InChI=1S/C22H21N3O3S/c1-14-24-20(13-28-14)16-5-3-15(4-6-16)11-17-12-19(21(26)23-8-9-27-2)25-22-18(17)7-10-29-22/h3-7,10,12-13H,8-9,11H2,1-2H3,(H,23,26). The third-order valence-corrected chi connectivity index (χ3v) is 5.42. The zero-order valence-electron chi connectivity index (χ0n) is 16.3. The fourth-order valence-corrected chi connectivity index (χ4v) is 3.96. The molecule has 0 fully saturated rings. The summed E-state index contributed by atoms with van der Waals surface area (Å²) in [6.07, 6.45) is 2.38. The summed E-state index contributed by atoms with van der Waals surface area (Å²) in [5, 5.41) is 5.92. The Bertz CT molecular complexity index is 1130. The average molecular weight is 407 g/mol. The lowest BCUT2D eigenvalue weighted by Gasteiger charge is -2.09. The van der Waals surface area contributed by atoms with E-state index in [1.807, 2.05) is 30.5 Å². The lowest BCUT2D eigenvalue weighted by Crippen LogP contribution is -2.27. The van der Waals surface area contributed by atoms with Gasteiger partial charge in [-0.25, -0.2) is 9.97 Å². The number of amides is 1. The minimum Gasteiger partial charge on any atom is -0.449 e. The second-order valence-electron chi connectivity index (χ2n) is 6.68. The van der Waals surface area contributed by atoms with E-state index in [1.54, 1.807) is 13.4 Å². The van der Waals surface area contributed by atoms with E-state index in [2.05, 4.69) is 33.5 Å². The Hall–Kier alpha value is -3.03. The number of pyridine rings is 1. The highest BCUT2D eigenvalue weighted by Crippen LogP contribution is 2.26. The number of nitrogens with zero attached hydrogens (tertiary/aromatic N) is 2. The average Bonchev–Trinajstić information content (AvgIpc) is 3.37. The van der Waals surface area contributed by atoms with Gasteiger partial charge in [-0.05, 0) is 35.1 Å². The number of thiophene rings is 1. The van der Waals surface area contributed by atoms with Crippen LogP contribution < -0.4 is 5.32 Å². The predicted molar refractivity (Wildman–Crippen MR) is 113 cm³/mol. The van der Waals surface area contributed by atoms with Gasteiger partial charge in [0.25, 0.3) is 5.91 Å².